The third kappa shape index (κ3) is 3.24. The Morgan fingerprint density at radius 3 is 2.37 bits per heavy atom. The summed E-state index contributed by atoms with van der Waals surface area (Å²) in [6, 6.07) is 6.37. The Hall–Kier alpha value is -2.04. The van der Waals surface area contributed by atoms with Crippen LogP contribution in [0.4, 0.5) is 10.5 Å². The Balaban J connectivity index is 3.04. The summed E-state index contributed by atoms with van der Waals surface area (Å²) in [5, 5.41) is 9.14. The van der Waals surface area contributed by atoms with Gasteiger partial charge in [-0.1, -0.05) is 19.1 Å². The number of nitrogens with zero attached hydrogens (tertiary/aromatic N) is 2. The van der Waals surface area contributed by atoms with Crippen molar-refractivity contribution in [3.05, 3.63) is 29.8 Å². The minimum absolute atomic E-state index is 0.104. The van der Waals surface area contributed by atoms with Gasteiger partial charge in [0.1, 0.15) is 0 Å². The van der Waals surface area contributed by atoms with Crippen molar-refractivity contribution < 1.29 is 14.7 Å². The van der Waals surface area contributed by atoms with Crippen LogP contribution in [0.15, 0.2) is 24.3 Å². The average Bonchev–Trinajstić information content (AvgIpc) is 2.43. The van der Waals surface area contributed by atoms with Crippen molar-refractivity contribution in [3.63, 3.8) is 0 Å². The van der Waals surface area contributed by atoms with E-state index in [0.29, 0.717) is 5.69 Å². The molecule has 0 aliphatic rings. The zero-order valence-electron chi connectivity index (χ0n) is 11.8. The van der Waals surface area contributed by atoms with Crippen molar-refractivity contribution in [1.29, 1.82) is 0 Å². The molecule has 0 fully saturated rings. The number of anilines is 1. The minimum atomic E-state index is -1.04. The van der Waals surface area contributed by atoms with Crippen LogP contribution in [0.3, 0.4) is 0 Å². The van der Waals surface area contributed by atoms with Crippen LogP contribution in [0.25, 0.3) is 0 Å². The maximum atomic E-state index is 12.3. The monoisotopic (exact) mass is 264 g/mol. The number of hydrogen-bond acceptors (Lipinski definition) is 2. The normalized spacial score (nSPS) is 11.8. The Labute approximate surface area is 113 Å². The van der Waals surface area contributed by atoms with E-state index in [1.54, 1.807) is 37.2 Å². The van der Waals surface area contributed by atoms with Gasteiger partial charge < -0.3 is 10.0 Å². The third-order valence-electron chi connectivity index (χ3n) is 3.34. The summed E-state index contributed by atoms with van der Waals surface area (Å²) in [7, 11) is 3.30. The summed E-state index contributed by atoms with van der Waals surface area (Å²) < 4.78 is 0. The average molecular weight is 264 g/mol. The van der Waals surface area contributed by atoms with E-state index in [9.17, 15) is 9.59 Å². The van der Waals surface area contributed by atoms with Crippen LogP contribution in [0.1, 0.15) is 30.6 Å². The molecule has 0 aliphatic carbocycles. The van der Waals surface area contributed by atoms with Gasteiger partial charge in [0.05, 0.1) is 11.3 Å². The molecule has 0 heterocycles. The second kappa shape index (κ2) is 6.22. The van der Waals surface area contributed by atoms with Gasteiger partial charge in [0, 0.05) is 20.1 Å². The van der Waals surface area contributed by atoms with Crippen LogP contribution in [0, 0.1) is 0 Å². The van der Waals surface area contributed by atoms with Crippen molar-refractivity contribution in [2.24, 2.45) is 0 Å². The van der Waals surface area contributed by atoms with Gasteiger partial charge in [-0.05, 0) is 25.5 Å². The number of benzene rings is 1. The van der Waals surface area contributed by atoms with E-state index in [-0.39, 0.29) is 17.6 Å². The molecule has 0 aromatic heterocycles. The molecular formula is C14H20N2O3. The minimum Gasteiger partial charge on any atom is -0.478 e. The third-order valence-corrected chi connectivity index (χ3v) is 3.34. The summed E-state index contributed by atoms with van der Waals surface area (Å²) in [6.07, 6.45) is 0.844. The first-order chi connectivity index (χ1) is 8.90. The smallest absolute Gasteiger partial charge is 0.337 e. The topological polar surface area (TPSA) is 60.9 Å². The summed E-state index contributed by atoms with van der Waals surface area (Å²) >= 11 is 0. The fourth-order valence-electron chi connectivity index (χ4n) is 1.75. The molecule has 1 N–H and O–H groups in total. The molecule has 0 spiro atoms. The zero-order chi connectivity index (χ0) is 14.6. The van der Waals surface area contributed by atoms with Crippen molar-refractivity contribution in [2.45, 2.75) is 26.3 Å². The fraction of sp³-hybridized carbons (Fsp3) is 0.429. The number of urea groups is 1. The molecule has 1 aromatic carbocycles. The zero-order valence-corrected chi connectivity index (χ0v) is 11.8. The molecule has 0 saturated heterocycles. The lowest BCUT2D eigenvalue weighted by atomic mass is 10.1. The van der Waals surface area contributed by atoms with Crippen molar-refractivity contribution in [2.75, 3.05) is 19.0 Å². The van der Waals surface area contributed by atoms with Crippen LogP contribution < -0.4 is 4.90 Å². The molecular weight excluding hydrogens is 244 g/mol. The molecule has 5 heteroatoms. The maximum absolute atomic E-state index is 12.3. The first-order valence-electron chi connectivity index (χ1n) is 6.23. The molecule has 0 aliphatic heterocycles. The molecule has 5 nitrogen and oxygen atoms in total. The summed E-state index contributed by atoms with van der Waals surface area (Å²) in [5.74, 6) is -1.04. The summed E-state index contributed by atoms with van der Waals surface area (Å²) in [4.78, 5) is 26.4. The molecule has 0 bridgehead atoms. The largest absolute Gasteiger partial charge is 0.478 e. The fourth-order valence-corrected chi connectivity index (χ4v) is 1.75. The molecule has 1 atom stereocenters. The molecule has 2 amide bonds. The Morgan fingerprint density at radius 2 is 1.84 bits per heavy atom. The van der Waals surface area contributed by atoms with Gasteiger partial charge >= 0.3 is 12.0 Å². The number of carbonyl (C=O) groups is 2. The first kappa shape index (κ1) is 15.0. The lowest BCUT2D eigenvalue weighted by molar-refractivity contribution is 0.0697. The SMILES string of the molecule is CCC(C)N(C)C(=O)N(C)c1ccccc1C(=O)O. The van der Waals surface area contributed by atoms with Crippen LogP contribution in [0.5, 0.6) is 0 Å². The van der Waals surface area contributed by atoms with Gasteiger partial charge in [-0.3, -0.25) is 4.90 Å². The highest BCUT2D eigenvalue weighted by Gasteiger charge is 2.22. The highest BCUT2D eigenvalue weighted by molar-refractivity contribution is 6.01. The number of para-hydroxylation sites is 1. The lowest BCUT2D eigenvalue weighted by Gasteiger charge is -2.29. The predicted octanol–water partition coefficient (Wildman–Crippen LogP) is 2.67. The number of amides is 2. The van der Waals surface area contributed by atoms with Gasteiger partial charge in [0.15, 0.2) is 0 Å². The maximum Gasteiger partial charge on any atom is 0.337 e. The Morgan fingerprint density at radius 1 is 1.26 bits per heavy atom. The van der Waals surface area contributed by atoms with Gasteiger partial charge in [-0.15, -0.1) is 0 Å². The van der Waals surface area contributed by atoms with Crippen molar-refractivity contribution in [3.8, 4) is 0 Å². The van der Waals surface area contributed by atoms with Crippen molar-refractivity contribution >= 4 is 17.7 Å². The Kier molecular flexibility index (Phi) is 4.92. The number of carbonyl (C=O) groups excluding carboxylic acids is 1. The van der Waals surface area contributed by atoms with Gasteiger partial charge in [0.2, 0.25) is 0 Å². The predicted molar refractivity (Wildman–Crippen MR) is 74.7 cm³/mol. The lowest BCUT2D eigenvalue weighted by Crippen LogP contribution is -2.43. The summed E-state index contributed by atoms with van der Waals surface area (Å²) in [5.41, 5.74) is 0.519. The van der Waals surface area contributed by atoms with E-state index >= 15 is 0 Å². The van der Waals surface area contributed by atoms with Crippen LogP contribution in [-0.4, -0.2) is 42.1 Å². The van der Waals surface area contributed by atoms with E-state index in [1.807, 2.05) is 13.8 Å². The molecule has 1 rings (SSSR count). The van der Waals surface area contributed by atoms with E-state index in [1.165, 1.54) is 11.0 Å². The van der Waals surface area contributed by atoms with Crippen LogP contribution >= 0.6 is 0 Å². The Bertz CT molecular complexity index is 474. The van der Waals surface area contributed by atoms with Gasteiger partial charge in [-0.25, -0.2) is 9.59 Å². The first-order valence-corrected chi connectivity index (χ1v) is 6.23. The highest BCUT2D eigenvalue weighted by Crippen LogP contribution is 2.20. The standard InChI is InChI=1S/C14H20N2O3/c1-5-10(2)15(3)14(19)16(4)12-9-7-6-8-11(12)13(17)18/h6-10H,5H2,1-4H3,(H,17,18). The number of carboxylic acid groups (broad SMARTS) is 1. The number of hydrogen-bond donors (Lipinski definition) is 1. The van der Waals surface area contributed by atoms with Gasteiger partial charge in [-0.2, -0.15) is 0 Å². The second-order valence-corrected chi connectivity index (χ2v) is 4.53. The number of rotatable bonds is 4. The molecule has 19 heavy (non-hydrogen) atoms. The van der Waals surface area contributed by atoms with Crippen LogP contribution in [-0.2, 0) is 0 Å². The van der Waals surface area contributed by atoms with Crippen molar-refractivity contribution in [1.82, 2.24) is 4.90 Å². The van der Waals surface area contributed by atoms with Gasteiger partial charge in [0.25, 0.3) is 0 Å². The van der Waals surface area contributed by atoms with Crippen LogP contribution in [0.2, 0.25) is 0 Å². The molecule has 104 valence electrons. The highest BCUT2D eigenvalue weighted by atomic mass is 16.4. The molecule has 0 radical (unpaired) electrons. The van der Waals surface area contributed by atoms with E-state index in [0.717, 1.165) is 6.42 Å². The number of carboxylic acids is 1. The second-order valence-electron chi connectivity index (χ2n) is 4.53. The molecule has 0 saturated carbocycles. The number of aromatic carboxylic acids is 1. The molecule has 1 unspecified atom stereocenters. The van der Waals surface area contributed by atoms with E-state index in [4.69, 9.17) is 5.11 Å². The van der Waals surface area contributed by atoms with E-state index < -0.39 is 5.97 Å². The molecule has 1 aromatic rings. The quantitative estimate of drug-likeness (QED) is 0.909. The summed E-state index contributed by atoms with van der Waals surface area (Å²) in [6.45, 7) is 3.95. The van der Waals surface area contributed by atoms with E-state index in [2.05, 4.69) is 0 Å².